The lowest BCUT2D eigenvalue weighted by atomic mass is 9.95. The predicted molar refractivity (Wildman–Crippen MR) is 84.0 cm³/mol. The first-order valence-corrected chi connectivity index (χ1v) is 7.56. The number of rotatable bonds is 6. The van der Waals surface area contributed by atoms with Gasteiger partial charge >= 0.3 is 11.9 Å². The normalized spacial score (nSPS) is 17.6. The van der Waals surface area contributed by atoms with Crippen molar-refractivity contribution in [1.29, 1.82) is 0 Å². The Hall–Kier alpha value is -2.10. The minimum Gasteiger partial charge on any atom is -0.468 e. The number of allylic oxidation sites excluding steroid dienone is 1. The maximum absolute atomic E-state index is 12.2. The molecule has 0 aliphatic heterocycles. The van der Waals surface area contributed by atoms with Crippen LogP contribution in [0.3, 0.4) is 0 Å². The van der Waals surface area contributed by atoms with Crippen molar-refractivity contribution in [3.05, 3.63) is 41.5 Å². The molecule has 0 heterocycles. The van der Waals surface area contributed by atoms with Crippen molar-refractivity contribution in [2.45, 2.75) is 32.6 Å². The summed E-state index contributed by atoms with van der Waals surface area (Å²) in [5.74, 6) is -1.06. The van der Waals surface area contributed by atoms with Gasteiger partial charge in [0.25, 0.3) is 0 Å². The summed E-state index contributed by atoms with van der Waals surface area (Å²) in [5, 5.41) is 0. The quantitative estimate of drug-likeness (QED) is 0.597. The average Bonchev–Trinajstić information content (AvgIpc) is 3.31. The SMILES string of the molecule is CCCC/C(=C1/CC1(C(=O)OC)C(=O)OC)c1ccccc1. The van der Waals surface area contributed by atoms with Gasteiger partial charge in [0.1, 0.15) is 0 Å². The molecule has 1 aliphatic carbocycles. The Kier molecular flexibility index (Phi) is 5.01. The highest BCUT2D eigenvalue weighted by Gasteiger charge is 2.65. The second-order valence-electron chi connectivity index (χ2n) is 5.49. The van der Waals surface area contributed by atoms with Gasteiger partial charge in [-0.25, -0.2) is 0 Å². The van der Waals surface area contributed by atoms with E-state index in [0.29, 0.717) is 6.42 Å². The highest BCUT2D eigenvalue weighted by molar-refractivity contribution is 6.11. The number of methoxy groups -OCH3 is 2. The number of hydrogen-bond donors (Lipinski definition) is 0. The molecule has 1 fully saturated rings. The highest BCUT2D eigenvalue weighted by atomic mass is 16.5. The molecule has 4 heteroatoms. The third kappa shape index (κ3) is 2.78. The van der Waals surface area contributed by atoms with E-state index in [1.807, 2.05) is 30.3 Å². The van der Waals surface area contributed by atoms with Crippen molar-refractivity contribution in [2.24, 2.45) is 5.41 Å². The number of benzene rings is 1. The standard InChI is InChI=1S/C18H22O4/c1-4-5-11-14(13-9-7-6-8-10-13)15-12-18(15,16(19)21-2)17(20)22-3/h6-10H,4-5,11-12H2,1-3H3/b15-14+. The zero-order valence-electron chi connectivity index (χ0n) is 13.3. The number of unbranched alkanes of at least 4 members (excludes halogenated alkanes) is 1. The van der Waals surface area contributed by atoms with Crippen molar-refractivity contribution < 1.29 is 19.1 Å². The third-order valence-corrected chi connectivity index (χ3v) is 4.17. The number of carbonyl (C=O) groups is 2. The first-order chi connectivity index (χ1) is 10.6. The van der Waals surface area contributed by atoms with Gasteiger partial charge in [0, 0.05) is 6.42 Å². The molecule has 0 atom stereocenters. The smallest absolute Gasteiger partial charge is 0.327 e. The van der Waals surface area contributed by atoms with Gasteiger partial charge in [-0.05, 0) is 29.6 Å². The molecule has 0 saturated heterocycles. The number of esters is 2. The van der Waals surface area contributed by atoms with Gasteiger partial charge in [-0.15, -0.1) is 0 Å². The molecule has 1 saturated carbocycles. The molecule has 1 aromatic rings. The highest BCUT2D eigenvalue weighted by Crippen LogP contribution is 2.57. The summed E-state index contributed by atoms with van der Waals surface area (Å²) in [6.07, 6.45) is 3.28. The van der Waals surface area contributed by atoms with Crippen LogP contribution in [0.2, 0.25) is 0 Å². The summed E-state index contributed by atoms with van der Waals surface area (Å²) in [6.45, 7) is 2.12. The average molecular weight is 302 g/mol. The van der Waals surface area contributed by atoms with E-state index in [-0.39, 0.29) is 0 Å². The van der Waals surface area contributed by atoms with Gasteiger partial charge in [-0.3, -0.25) is 9.59 Å². The Morgan fingerprint density at radius 3 is 2.18 bits per heavy atom. The maximum atomic E-state index is 12.2. The van der Waals surface area contributed by atoms with Crippen LogP contribution in [0.15, 0.2) is 35.9 Å². The van der Waals surface area contributed by atoms with Crippen molar-refractivity contribution in [3.8, 4) is 0 Å². The van der Waals surface area contributed by atoms with Gasteiger partial charge in [0.2, 0.25) is 0 Å². The van der Waals surface area contributed by atoms with Gasteiger partial charge in [-0.2, -0.15) is 0 Å². The third-order valence-electron chi connectivity index (χ3n) is 4.17. The minimum atomic E-state index is -1.23. The van der Waals surface area contributed by atoms with Crippen LogP contribution in [0.5, 0.6) is 0 Å². The first kappa shape index (κ1) is 16.3. The van der Waals surface area contributed by atoms with Crippen molar-refractivity contribution in [2.75, 3.05) is 14.2 Å². The summed E-state index contributed by atoms with van der Waals surface area (Å²) >= 11 is 0. The lowest BCUT2D eigenvalue weighted by Crippen LogP contribution is -2.28. The number of hydrogen-bond acceptors (Lipinski definition) is 4. The van der Waals surface area contributed by atoms with E-state index in [0.717, 1.165) is 36.0 Å². The molecule has 4 nitrogen and oxygen atoms in total. The van der Waals surface area contributed by atoms with Crippen LogP contribution in [-0.4, -0.2) is 26.2 Å². The van der Waals surface area contributed by atoms with Crippen LogP contribution in [0, 0.1) is 5.41 Å². The predicted octanol–water partition coefficient (Wildman–Crippen LogP) is 3.37. The zero-order valence-corrected chi connectivity index (χ0v) is 13.3. The van der Waals surface area contributed by atoms with E-state index in [2.05, 4.69) is 6.92 Å². The lowest BCUT2D eigenvalue weighted by Gasteiger charge is -2.12. The van der Waals surface area contributed by atoms with Crippen LogP contribution < -0.4 is 0 Å². The number of ether oxygens (including phenoxy) is 2. The topological polar surface area (TPSA) is 52.6 Å². The molecule has 0 amide bonds. The molecule has 0 unspecified atom stereocenters. The van der Waals surface area contributed by atoms with E-state index in [9.17, 15) is 9.59 Å². The molecule has 1 aliphatic rings. The van der Waals surface area contributed by atoms with Crippen molar-refractivity contribution >= 4 is 17.5 Å². The molecule has 0 N–H and O–H groups in total. The monoisotopic (exact) mass is 302 g/mol. The molecule has 0 spiro atoms. The Balaban J connectivity index is 2.47. The van der Waals surface area contributed by atoms with E-state index in [4.69, 9.17) is 9.47 Å². The second-order valence-corrected chi connectivity index (χ2v) is 5.49. The Labute approximate surface area is 131 Å². The van der Waals surface area contributed by atoms with Gasteiger partial charge in [0.15, 0.2) is 5.41 Å². The summed E-state index contributed by atoms with van der Waals surface area (Å²) < 4.78 is 9.69. The molecule has 22 heavy (non-hydrogen) atoms. The van der Waals surface area contributed by atoms with E-state index in [1.165, 1.54) is 14.2 Å². The second kappa shape index (κ2) is 6.77. The van der Waals surface area contributed by atoms with E-state index >= 15 is 0 Å². The van der Waals surface area contributed by atoms with Crippen LogP contribution in [0.4, 0.5) is 0 Å². The van der Waals surface area contributed by atoms with Crippen molar-refractivity contribution in [1.82, 2.24) is 0 Å². The van der Waals surface area contributed by atoms with Gasteiger partial charge < -0.3 is 9.47 Å². The summed E-state index contributed by atoms with van der Waals surface area (Å²) in [6, 6.07) is 9.89. The zero-order chi connectivity index (χ0) is 16.2. The number of carbonyl (C=O) groups excluding carboxylic acids is 2. The summed E-state index contributed by atoms with van der Waals surface area (Å²) in [7, 11) is 2.61. The molecular formula is C18H22O4. The molecule has 0 aromatic heterocycles. The van der Waals surface area contributed by atoms with Crippen molar-refractivity contribution in [3.63, 3.8) is 0 Å². The first-order valence-electron chi connectivity index (χ1n) is 7.56. The fraction of sp³-hybridized carbons (Fsp3) is 0.444. The Morgan fingerprint density at radius 1 is 1.09 bits per heavy atom. The molecule has 1 aromatic carbocycles. The van der Waals surface area contributed by atoms with Crippen LogP contribution in [0.1, 0.15) is 38.2 Å². The largest absolute Gasteiger partial charge is 0.468 e. The fourth-order valence-corrected chi connectivity index (χ4v) is 2.87. The van der Waals surface area contributed by atoms with Gasteiger partial charge in [-0.1, -0.05) is 43.7 Å². The van der Waals surface area contributed by atoms with Gasteiger partial charge in [0.05, 0.1) is 14.2 Å². The summed E-state index contributed by atoms with van der Waals surface area (Å²) in [4.78, 5) is 24.3. The fourth-order valence-electron chi connectivity index (χ4n) is 2.87. The lowest BCUT2D eigenvalue weighted by molar-refractivity contribution is -0.160. The molecule has 0 radical (unpaired) electrons. The van der Waals surface area contributed by atoms with E-state index in [1.54, 1.807) is 0 Å². The molecular weight excluding hydrogens is 280 g/mol. The van der Waals surface area contributed by atoms with Crippen LogP contribution >= 0.6 is 0 Å². The van der Waals surface area contributed by atoms with Crippen LogP contribution in [-0.2, 0) is 19.1 Å². The molecule has 0 bridgehead atoms. The Morgan fingerprint density at radius 2 is 1.68 bits per heavy atom. The maximum Gasteiger partial charge on any atom is 0.327 e. The summed E-state index contributed by atoms with van der Waals surface area (Å²) in [5.41, 5.74) is 1.73. The Bertz CT molecular complexity index is 570. The van der Waals surface area contributed by atoms with E-state index < -0.39 is 17.4 Å². The molecule has 2 rings (SSSR count). The van der Waals surface area contributed by atoms with Crippen LogP contribution in [0.25, 0.3) is 5.57 Å². The molecule has 118 valence electrons. The minimum absolute atomic E-state index is 0.389.